The second kappa shape index (κ2) is 4.07. The number of rotatable bonds is 3. The number of sulfone groups is 1. The first kappa shape index (κ1) is 12.0. The summed E-state index contributed by atoms with van der Waals surface area (Å²) in [5.74, 6) is 0.180. The van der Waals surface area contributed by atoms with Crippen molar-refractivity contribution in [2.45, 2.75) is 19.2 Å². The van der Waals surface area contributed by atoms with Gasteiger partial charge in [0.2, 0.25) is 0 Å². The van der Waals surface area contributed by atoms with Gasteiger partial charge in [-0.05, 0) is 25.1 Å². The van der Waals surface area contributed by atoms with Crippen LogP contribution in [0, 0.1) is 0 Å². The van der Waals surface area contributed by atoms with Gasteiger partial charge in [-0.15, -0.1) is 0 Å². The Morgan fingerprint density at radius 2 is 2.06 bits per heavy atom. The van der Waals surface area contributed by atoms with E-state index in [4.69, 9.17) is 0 Å². The van der Waals surface area contributed by atoms with E-state index in [1.807, 2.05) is 17.6 Å². The normalized spacial score (nSPS) is 12.1. The fourth-order valence-electron chi connectivity index (χ4n) is 2.09. The molecule has 2 rings (SSSR count). The van der Waals surface area contributed by atoms with E-state index < -0.39 is 9.84 Å². The molecule has 1 heterocycles. The maximum Gasteiger partial charge on any atom is 0.153 e. The molecule has 0 spiro atoms. The fourth-order valence-corrected chi connectivity index (χ4v) is 2.86. The smallest absolute Gasteiger partial charge is 0.153 e. The molecule has 0 radical (unpaired) electrons. The minimum absolute atomic E-state index is 0.00500. The van der Waals surface area contributed by atoms with Gasteiger partial charge in [0.1, 0.15) is 5.75 Å². The lowest BCUT2D eigenvalue weighted by atomic mass is 10.2. The first-order chi connectivity index (χ1) is 7.92. The molecule has 0 atom stereocenters. The Morgan fingerprint density at radius 3 is 2.65 bits per heavy atom. The maximum atomic E-state index is 11.4. The minimum Gasteiger partial charge on any atom is -0.507 e. The highest BCUT2D eigenvalue weighted by Gasteiger charge is 2.14. The zero-order chi connectivity index (χ0) is 12.6. The number of hydrogen-bond donors (Lipinski definition) is 1. The van der Waals surface area contributed by atoms with Gasteiger partial charge in [-0.2, -0.15) is 0 Å². The van der Waals surface area contributed by atoms with Gasteiger partial charge in [0, 0.05) is 23.9 Å². The van der Waals surface area contributed by atoms with Gasteiger partial charge in [-0.25, -0.2) is 8.42 Å². The predicted molar refractivity (Wildman–Crippen MR) is 67.8 cm³/mol. The van der Waals surface area contributed by atoms with Gasteiger partial charge in [0.25, 0.3) is 0 Å². The molecule has 0 saturated heterocycles. The molecule has 0 fully saturated rings. The maximum absolute atomic E-state index is 11.4. The van der Waals surface area contributed by atoms with Gasteiger partial charge in [-0.3, -0.25) is 0 Å². The van der Waals surface area contributed by atoms with Crippen molar-refractivity contribution in [3.8, 4) is 5.75 Å². The molecule has 2 aromatic rings. The number of hydrogen-bond acceptors (Lipinski definition) is 3. The average molecular weight is 253 g/mol. The van der Waals surface area contributed by atoms with Gasteiger partial charge in [-0.1, -0.05) is 6.07 Å². The third-order valence-electron chi connectivity index (χ3n) is 2.73. The summed E-state index contributed by atoms with van der Waals surface area (Å²) in [6.45, 7) is 2.63. The third-order valence-corrected chi connectivity index (χ3v) is 3.55. The second-order valence-corrected chi connectivity index (χ2v) is 6.30. The Labute approximate surface area is 100 Å². The van der Waals surface area contributed by atoms with Crippen molar-refractivity contribution in [3.05, 3.63) is 30.0 Å². The van der Waals surface area contributed by atoms with Crippen LogP contribution in [0.4, 0.5) is 0 Å². The molecule has 0 aliphatic heterocycles. The molecule has 0 amide bonds. The summed E-state index contributed by atoms with van der Waals surface area (Å²) in [4.78, 5) is 0. The third kappa shape index (κ3) is 2.29. The lowest BCUT2D eigenvalue weighted by Gasteiger charge is -2.06. The van der Waals surface area contributed by atoms with Crippen molar-refractivity contribution < 1.29 is 13.5 Å². The Bertz CT molecular complexity index is 656. The molecule has 0 unspecified atom stereocenters. The van der Waals surface area contributed by atoms with Crippen LogP contribution in [0.5, 0.6) is 5.75 Å². The molecule has 0 aliphatic rings. The topological polar surface area (TPSA) is 59.3 Å². The van der Waals surface area contributed by atoms with E-state index in [1.54, 1.807) is 18.2 Å². The second-order valence-electron chi connectivity index (χ2n) is 4.16. The largest absolute Gasteiger partial charge is 0.507 e. The molecule has 92 valence electrons. The van der Waals surface area contributed by atoms with Crippen molar-refractivity contribution in [3.63, 3.8) is 0 Å². The number of fused-ring (bicyclic) bond motifs is 1. The van der Waals surface area contributed by atoms with Crippen LogP contribution in [-0.4, -0.2) is 24.3 Å². The van der Waals surface area contributed by atoms with Crippen LogP contribution >= 0.6 is 0 Å². The number of benzene rings is 1. The molecular formula is C12H15NO3S. The molecule has 1 N–H and O–H groups in total. The molecule has 0 aliphatic carbocycles. The summed E-state index contributed by atoms with van der Waals surface area (Å²) < 4.78 is 24.6. The van der Waals surface area contributed by atoms with Crippen molar-refractivity contribution in [1.29, 1.82) is 0 Å². The molecule has 0 bridgehead atoms. The molecule has 4 nitrogen and oxygen atoms in total. The summed E-state index contributed by atoms with van der Waals surface area (Å²) in [5, 5.41) is 10.4. The predicted octanol–water partition coefficient (Wildman–Crippen LogP) is 1.91. The number of phenols is 1. The van der Waals surface area contributed by atoms with E-state index in [-0.39, 0.29) is 11.5 Å². The lowest BCUT2D eigenvalue weighted by molar-refractivity contribution is 0.481. The summed E-state index contributed by atoms with van der Waals surface area (Å²) in [5.41, 5.74) is 1.58. The number of phenolic OH excluding ortho intramolecular Hbond substituents is 1. The zero-order valence-electron chi connectivity index (χ0n) is 9.84. The molecule has 17 heavy (non-hydrogen) atoms. The molecule has 1 aromatic heterocycles. The number of nitrogens with zero attached hydrogens (tertiary/aromatic N) is 1. The first-order valence-corrected chi connectivity index (χ1v) is 7.46. The van der Waals surface area contributed by atoms with Crippen LogP contribution in [0.25, 0.3) is 10.9 Å². The minimum atomic E-state index is -3.07. The number of aryl methyl sites for hydroxylation is 1. The highest BCUT2D eigenvalue weighted by Crippen LogP contribution is 2.28. The van der Waals surface area contributed by atoms with Gasteiger partial charge in [0.15, 0.2) is 9.84 Å². The fraction of sp³-hybridized carbons (Fsp3) is 0.333. The molecule has 0 saturated carbocycles. The van der Waals surface area contributed by atoms with Crippen molar-refractivity contribution in [2.24, 2.45) is 0 Å². The molecule has 1 aromatic carbocycles. The number of aromatic hydroxyl groups is 1. The quantitative estimate of drug-likeness (QED) is 0.909. The highest BCUT2D eigenvalue weighted by atomic mass is 32.2. The van der Waals surface area contributed by atoms with E-state index >= 15 is 0 Å². The Morgan fingerprint density at radius 1 is 1.35 bits per heavy atom. The van der Waals surface area contributed by atoms with Crippen molar-refractivity contribution in [2.75, 3.05) is 6.26 Å². The van der Waals surface area contributed by atoms with Gasteiger partial charge in [0.05, 0.1) is 11.3 Å². The van der Waals surface area contributed by atoms with Crippen LogP contribution in [-0.2, 0) is 22.1 Å². The van der Waals surface area contributed by atoms with E-state index in [1.165, 1.54) is 6.26 Å². The van der Waals surface area contributed by atoms with Crippen molar-refractivity contribution in [1.82, 2.24) is 4.57 Å². The standard InChI is InChI=1S/C12H15NO3S/c1-3-13-9(8-17(2,15)16)7-10-11(13)5-4-6-12(10)14/h4-7,14H,3,8H2,1-2H3. The van der Waals surface area contributed by atoms with Gasteiger partial charge >= 0.3 is 0 Å². The number of aromatic nitrogens is 1. The SMILES string of the molecule is CCn1c(CS(C)(=O)=O)cc2c(O)cccc21. The summed E-state index contributed by atoms with van der Waals surface area (Å²) >= 11 is 0. The van der Waals surface area contributed by atoms with Gasteiger partial charge < -0.3 is 9.67 Å². The summed E-state index contributed by atoms with van der Waals surface area (Å²) in [7, 11) is -3.07. The Kier molecular flexibility index (Phi) is 2.87. The van der Waals surface area contributed by atoms with Crippen LogP contribution < -0.4 is 0 Å². The molecule has 5 heteroatoms. The lowest BCUT2D eigenvalue weighted by Crippen LogP contribution is -2.07. The average Bonchev–Trinajstić information content (AvgIpc) is 2.54. The summed E-state index contributed by atoms with van der Waals surface area (Å²) in [6.07, 6.45) is 1.21. The van der Waals surface area contributed by atoms with Crippen LogP contribution in [0.1, 0.15) is 12.6 Å². The van der Waals surface area contributed by atoms with Crippen LogP contribution in [0.15, 0.2) is 24.3 Å². The molecular weight excluding hydrogens is 238 g/mol. The monoisotopic (exact) mass is 253 g/mol. The Hall–Kier alpha value is -1.49. The van der Waals surface area contributed by atoms with E-state index in [0.717, 1.165) is 5.52 Å². The van der Waals surface area contributed by atoms with E-state index in [9.17, 15) is 13.5 Å². The Balaban J connectivity index is 2.68. The summed E-state index contributed by atoms with van der Waals surface area (Å²) in [6, 6.07) is 6.99. The van der Waals surface area contributed by atoms with E-state index in [2.05, 4.69) is 0 Å². The van der Waals surface area contributed by atoms with Crippen LogP contribution in [0.2, 0.25) is 0 Å². The zero-order valence-corrected chi connectivity index (χ0v) is 10.7. The first-order valence-electron chi connectivity index (χ1n) is 5.40. The highest BCUT2D eigenvalue weighted by molar-refractivity contribution is 7.89. The van der Waals surface area contributed by atoms with Crippen LogP contribution in [0.3, 0.4) is 0 Å². The van der Waals surface area contributed by atoms with Crippen molar-refractivity contribution >= 4 is 20.7 Å². The van der Waals surface area contributed by atoms with E-state index in [0.29, 0.717) is 17.6 Å².